The minimum atomic E-state index is -0.143. The standard InChI is InChI=1S/C32H34N2O3S/c1-3-37-20-7-18-33(32(36)27-11-6-9-24-8-4-5-10-26(24)27)22-30(35)34-19-16-29-28(17-21-38-29)31(34)25-14-12-23(2)13-15-25/h4-6,8-15,17,21,31H,3,7,16,18-20,22H2,1-2H3. The molecule has 1 aliphatic rings. The molecule has 5 nitrogen and oxygen atoms in total. The maximum atomic E-state index is 14.0. The number of carbonyl (C=O) groups is 2. The number of carbonyl (C=O) groups excluding carboxylic acids is 2. The first-order valence-corrected chi connectivity index (χ1v) is 14.2. The second-order valence-corrected chi connectivity index (χ2v) is 10.8. The van der Waals surface area contributed by atoms with Gasteiger partial charge in [0.05, 0.1) is 6.04 Å². The summed E-state index contributed by atoms with van der Waals surface area (Å²) in [4.78, 5) is 32.9. The maximum Gasteiger partial charge on any atom is 0.254 e. The molecule has 0 bridgehead atoms. The van der Waals surface area contributed by atoms with Gasteiger partial charge >= 0.3 is 0 Å². The van der Waals surface area contributed by atoms with E-state index in [0.29, 0.717) is 38.3 Å². The maximum absolute atomic E-state index is 14.0. The minimum absolute atomic E-state index is 0.0302. The van der Waals surface area contributed by atoms with E-state index in [9.17, 15) is 9.59 Å². The summed E-state index contributed by atoms with van der Waals surface area (Å²) in [6, 6.07) is 24.1. The second kappa shape index (κ2) is 11.9. The highest BCUT2D eigenvalue weighted by Gasteiger charge is 2.34. The number of thiophene rings is 1. The SMILES string of the molecule is CCOCCCN(CC(=O)N1CCc2sccc2C1c1ccc(C)cc1)C(=O)c1cccc2ccccc12. The van der Waals surface area contributed by atoms with Crippen LogP contribution in [0.1, 0.15) is 51.3 Å². The quantitative estimate of drug-likeness (QED) is 0.242. The van der Waals surface area contributed by atoms with E-state index in [0.717, 1.165) is 22.8 Å². The summed E-state index contributed by atoms with van der Waals surface area (Å²) in [5.41, 5.74) is 4.11. The highest BCUT2D eigenvalue weighted by atomic mass is 32.1. The topological polar surface area (TPSA) is 49.9 Å². The molecule has 2 heterocycles. The Labute approximate surface area is 228 Å². The summed E-state index contributed by atoms with van der Waals surface area (Å²) >= 11 is 1.76. The van der Waals surface area contributed by atoms with Crippen LogP contribution in [0.3, 0.4) is 0 Å². The lowest BCUT2D eigenvalue weighted by Crippen LogP contribution is -2.47. The van der Waals surface area contributed by atoms with Crippen molar-refractivity contribution in [1.82, 2.24) is 9.80 Å². The van der Waals surface area contributed by atoms with E-state index >= 15 is 0 Å². The largest absolute Gasteiger partial charge is 0.382 e. The molecule has 3 aromatic carbocycles. The van der Waals surface area contributed by atoms with Crippen molar-refractivity contribution < 1.29 is 14.3 Å². The average Bonchev–Trinajstić information content (AvgIpc) is 3.43. The number of amides is 2. The van der Waals surface area contributed by atoms with Gasteiger partial charge in [-0.05, 0) is 66.1 Å². The van der Waals surface area contributed by atoms with Gasteiger partial charge in [0.25, 0.3) is 5.91 Å². The van der Waals surface area contributed by atoms with Crippen LogP contribution in [0, 0.1) is 6.92 Å². The number of hydrogen-bond donors (Lipinski definition) is 0. The van der Waals surface area contributed by atoms with Crippen LogP contribution in [0.15, 0.2) is 78.2 Å². The van der Waals surface area contributed by atoms with Crippen molar-refractivity contribution in [2.75, 3.05) is 32.8 Å². The summed E-state index contributed by atoms with van der Waals surface area (Å²) < 4.78 is 5.54. The fraction of sp³-hybridized carbons (Fsp3) is 0.312. The zero-order valence-corrected chi connectivity index (χ0v) is 22.9. The van der Waals surface area contributed by atoms with Crippen LogP contribution in [0.4, 0.5) is 0 Å². The van der Waals surface area contributed by atoms with Gasteiger partial charge in [0.2, 0.25) is 5.91 Å². The predicted octanol–water partition coefficient (Wildman–Crippen LogP) is 6.25. The third-order valence-corrected chi connectivity index (χ3v) is 8.23. The molecule has 0 spiro atoms. The van der Waals surface area contributed by atoms with Gasteiger partial charge in [-0.2, -0.15) is 0 Å². The first-order chi connectivity index (χ1) is 18.6. The smallest absolute Gasteiger partial charge is 0.254 e. The highest BCUT2D eigenvalue weighted by Crippen LogP contribution is 2.38. The molecule has 1 unspecified atom stereocenters. The normalized spacial score (nSPS) is 14.9. The fourth-order valence-corrected chi connectivity index (χ4v) is 6.19. The van der Waals surface area contributed by atoms with Gasteiger partial charge in [0.15, 0.2) is 0 Å². The zero-order valence-electron chi connectivity index (χ0n) is 22.1. The molecular formula is C32H34N2O3S. The summed E-state index contributed by atoms with van der Waals surface area (Å²) in [5.74, 6) is -0.149. The summed E-state index contributed by atoms with van der Waals surface area (Å²) in [6.07, 6.45) is 1.51. The minimum Gasteiger partial charge on any atom is -0.382 e. The summed E-state index contributed by atoms with van der Waals surface area (Å²) in [7, 11) is 0. The van der Waals surface area contributed by atoms with Crippen molar-refractivity contribution in [3.63, 3.8) is 0 Å². The van der Waals surface area contributed by atoms with E-state index in [-0.39, 0.29) is 24.4 Å². The number of ether oxygens (including phenoxy) is 1. The van der Waals surface area contributed by atoms with Crippen LogP contribution in [0.25, 0.3) is 10.8 Å². The third kappa shape index (κ3) is 5.52. The number of rotatable bonds is 9. The van der Waals surface area contributed by atoms with Crippen molar-refractivity contribution in [2.24, 2.45) is 0 Å². The monoisotopic (exact) mass is 526 g/mol. The van der Waals surface area contributed by atoms with E-state index in [1.165, 1.54) is 16.0 Å². The number of nitrogens with zero attached hydrogens (tertiary/aromatic N) is 2. The predicted molar refractivity (Wildman–Crippen MR) is 154 cm³/mol. The number of fused-ring (bicyclic) bond motifs is 2. The lowest BCUT2D eigenvalue weighted by Gasteiger charge is -2.37. The average molecular weight is 527 g/mol. The highest BCUT2D eigenvalue weighted by molar-refractivity contribution is 7.10. The molecule has 1 aliphatic heterocycles. The third-order valence-electron chi connectivity index (χ3n) is 7.23. The molecule has 2 amide bonds. The van der Waals surface area contributed by atoms with Gasteiger partial charge in [-0.1, -0.05) is 66.2 Å². The van der Waals surface area contributed by atoms with Gasteiger partial charge in [-0.25, -0.2) is 0 Å². The zero-order chi connectivity index (χ0) is 26.5. The Kier molecular flexibility index (Phi) is 8.20. The summed E-state index contributed by atoms with van der Waals surface area (Å²) in [6.45, 7) is 6.35. The Balaban J connectivity index is 1.44. The molecule has 0 radical (unpaired) electrons. The van der Waals surface area contributed by atoms with Gasteiger partial charge in [-0.15, -0.1) is 11.3 Å². The van der Waals surface area contributed by atoms with Crippen LogP contribution < -0.4 is 0 Å². The van der Waals surface area contributed by atoms with Crippen LogP contribution in [0.5, 0.6) is 0 Å². The molecule has 196 valence electrons. The van der Waals surface area contributed by atoms with Gasteiger partial charge in [0, 0.05) is 36.7 Å². The molecule has 0 saturated carbocycles. The van der Waals surface area contributed by atoms with E-state index < -0.39 is 0 Å². The Morgan fingerprint density at radius 3 is 2.63 bits per heavy atom. The molecule has 6 heteroatoms. The molecule has 1 atom stereocenters. The first kappa shape index (κ1) is 26.1. The van der Waals surface area contributed by atoms with Gasteiger partial charge in [-0.3, -0.25) is 9.59 Å². The van der Waals surface area contributed by atoms with Crippen LogP contribution >= 0.6 is 11.3 Å². The van der Waals surface area contributed by atoms with E-state index in [1.807, 2.05) is 54.3 Å². The van der Waals surface area contributed by atoms with Crippen molar-refractivity contribution in [3.05, 3.63) is 105 Å². The summed E-state index contributed by atoms with van der Waals surface area (Å²) in [5, 5.41) is 4.03. The number of benzene rings is 3. The molecule has 1 aromatic heterocycles. The molecule has 0 saturated heterocycles. The van der Waals surface area contributed by atoms with Crippen molar-refractivity contribution in [2.45, 2.75) is 32.7 Å². The Bertz CT molecular complexity index is 1410. The van der Waals surface area contributed by atoms with Crippen molar-refractivity contribution >= 4 is 33.9 Å². The lowest BCUT2D eigenvalue weighted by molar-refractivity contribution is -0.134. The van der Waals surface area contributed by atoms with Crippen LogP contribution in [-0.2, 0) is 16.0 Å². The Hall–Kier alpha value is -3.48. The van der Waals surface area contributed by atoms with E-state index in [4.69, 9.17) is 4.74 Å². The number of aryl methyl sites for hydroxylation is 1. The van der Waals surface area contributed by atoms with Crippen molar-refractivity contribution in [1.29, 1.82) is 0 Å². The molecule has 38 heavy (non-hydrogen) atoms. The Morgan fingerprint density at radius 2 is 1.82 bits per heavy atom. The van der Waals surface area contributed by atoms with Gasteiger partial charge < -0.3 is 14.5 Å². The number of hydrogen-bond acceptors (Lipinski definition) is 4. The van der Waals surface area contributed by atoms with Gasteiger partial charge in [0.1, 0.15) is 6.54 Å². The first-order valence-electron chi connectivity index (χ1n) is 13.3. The molecular weight excluding hydrogens is 492 g/mol. The molecule has 4 aromatic rings. The van der Waals surface area contributed by atoms with E-state index in [1.54, 1.807) is 16.2 Å². The fourth-order valence-electron chi connectivity index (χ4n) is 5.28. The Morgan fingerprint density at radius 1 is 1.03 bits per heavy atom. The van der Waals surface area contributed by atoms with Crippen molar-refractivity contribution in [3.8, 4) is 0 Å². The lowest BCUT2D eigenvalue weighted by atomic mass is 9.92. The molecule has 0 aliphatic carbocycles. The van der Waals surface area contributed by atoms with E-state index in [2.05, 4.69) is 42.6 Å². The second-order valence-electron chi connectivity index (χ2n) is 9.75. The molecule has 0 N–H and O–H groups in total. The van der Waals surface area contributed by atoms with Crippen LogP contribution in [0.2, 0.25) is 0 Å². The molecule has 0 fully saturated rings. The van der Waals surface area contributed by atoms with Crippen LogP contribution in [-0.4, -0.2) is 54.5 Å². The molecule has 5 rings (SSSR count).